The van der Waals surface area contributed by atoms with E-state index < -0.39 is 0 Å². The molecule has 3 aliphatic rings. The zero-order chi connectivity index (χ0) is 52.0. The second-order valence-electron chi connectivity index (χ2n) is 22.8. The van der Waals surface area contributed by atoms with Gasteiger partial charge >= 0.3 is 0 Å². The van der Waals surface area contributed by atoms with Gasteiger partial charge in [-0.25, -0.2) is 0 Å². The van der Waals surface area contributed by atoms with Crippen LogP contribution in [0.15, 0.2) is 12.1 Å². The third-order valence-electron chi connectivity index (χ3n) is 16.0. The van der Waals surface area contributed by atoms with Crippen molar-refractivity contribution in [2.24, 2.45) is 0 Å². The fourth-order valence-electron chi connectivity index (χ4n) is 11.0. The highest BCUT2D eigenvalue weighted by Crippen LogP contribution is 2.34. The van der Waals surface area contributed by atoms with E-state index in [9.17, 15) is 19.5 Å². The van der Waals surface area contributed by atoms with Crippen LogP contribution in [0.3, 0.4) is 0 Å². The Bertz CT molecular complexity index is 1510. The normalized spacial score (nSPS) is 19.8. The van der Waals surface area contributed by atoms with Crippen molar-refractivity contribution in [2.45, 2.75) is 347 Å². The number of phenolic OH excluding ortho intramolecular Hbond substituents is 1. The number of amides is 3. The quantitative estimate of drug-likeness (QED) is 0.0376. The summed E-state index contributed by atoms with van der Waals surface area (Å²) in [6.07, 6.45) is 51.6. The maximum absolute atomic E-state index is 13.0. The van der Waals surface area contributed by atoms with Crippen LogP contribution in [0.5, 0.6) is 5.75 Å². The van der Waals surface area contributed by atoms with Crippen LogP contribution < -0.4 is 16.0 Å². The molecule has 3 heterocycles. The molecule has 4 rings (SSSR count). The number of phenols is 1. The Labute approximate surface area is 446 Å². The molecule has 1 aromatic rings. The van der Waals surface area contributed by atoms with Crippen LogP contribution in [0.25, 0.3) is 0 Å². The molecule has 420 valence electrons. The number of ether oxygens (including phenoxy) is 3. The highest BCUT2D eigenvalue weighted by atomic mass is 16.6. The molecular formula is C63H111N3O7. The molecule has 0 spiro atoms. The van der Waals surface area contributed by atoms with Crippen molar-refractivity contribution in [3.8, 4) is 5.75 Å². The lowest BCUT2D eigenvalue weighted by molar-refractivity contribution is -0.122. The van der Waals surface area contributed by atoms with E-state index in [0.29, 0.717) is 73.6 Å². The Hall–Kier alpha value is -2.69. The van der Waals surface area contributed by atoms with Crippen molar-refractivity contribution in [3.05, 3.63) is 28.8 Å². The Morgan fingerprint density at radius 2 is 0.589 bits per heavy atom. The van der Waals surface area contributed by atoms with Crippen LogP contribution in [-0.2, 0) is 48.2 Å². The minimum atomic E-state index is -0.0287. The van der Waals surface area contributed by atoms with Crippen LogP contribution in [0.1, 0.15) is 307 Å². The summed E-state index contributed by atoms with van der Waals surface area (Å²) in [5.41, 5.74) is 2.03. The van der Waals surface area contributed by atoms with Gasteiger partial charge in [-0.2, -0.15) is 0 Å². The van der Waals surface area contributed by atoms with E-state index in [2.05, 4.69) is 36.7 Å². The second-order valence-corrected chi connectivity index (χ2v) is 22.8. The molecule has 10 heteroatoms. The van der Waals surface area contributed by atoms with Gasteiger partial charge < -0.3 is 35.3 Å². The monoisotopic (exact) mass is 1020 g/mol. The molecule has 0 aliphatic carbocycles. The second kappa shape index (κ2) is 40.5. The van der Waals surface area contributed by atoms with Crippen LogP contribution in [0, 0.1) is 0 Å². The van der Waals surface area contributed by atoms with Gasteiger partial charge in [-0.15, -0.1) is 0 Å². The minimum Gasteiger partial charge on any atom is -0.507 e. The Kier molecular flexibility index (Phi) is 34.9. The van der Waals surface area contributed by atoms with E-state index in [1.54, 1.807) is 0 Å². The summed E-state index contributed by atoms with van der Waals surface area (Å²) >= 11 is 0. The topological polar surface area (TPSA) is 145 Å². The van der Waals surface area contributed by atoms with Crippen LogP contribution in [-0.4, -0.2) is 59.5 Å². The summed E-state index contributed by atoms with van der Waals surface area (Å²) in [4.78, 5) is 38.9. The third-order valence-corrected chi connectivity index (χ3v) is 16.0. The van der Waals surface area contributed by atoms with Gasteiger partial charge in [0.2, 0.25) is 17.7 Å². The van der Waals surface area contributed by atoms with E-state index >= 15 is 0 Å². The molecule has 73 heavy (non-hydrogen) atoms. The van der Waals surface area contributed by atoms with Gasteiger partial charge in [0, 0.05) is 50.0 Å². The molecule has 3 aliphatic heterocycles. The number of rotatable bonds is 51. The summed E-state index contributed by atoms with van der Waals surface area (Å²) in [5, 5.41) is 20.6. The van der Waals surface area contributed by atoms with E-state index in [1.807, 2.05) is 12.1 Å². The number of carbonyl (C=O) groups excluding carboxylic acids is 3. The van der Waals surface area contributed by atoms with E-state index in [0.717, 1.165) is 76.2 Å². The number of unbranched alkanes of at least 4 members (excludes halogenated alkanes) is 27. The first-order chi connectivity index (χ1) is 35.8. The average Bonchev–Trinajstić information content (AvgIpc) is 4.34. The zero-order valence-electron chi connectivity index (χ0n) is 47.3. The number of nitrogens with one attached hydrogen (secondary N) is 3. The number of epoxide rings is 3. The lowest BCUT2D eigenvalue weighted by Gasteiger charge is -2.15. The fraction of sp³-hybridized carbons (Fsp3) is 0.857. The SMILES string of the molecule is CCCCCCCCC1OC1CCCCCCCC(=O)NCc1cc(CNC(=O)CCCCCCCC2OC2CCCCCCCC)c(O)c(CNC(=O)CCCCCCCC2OC2CCCCCCCC)c1. The van der Waals surface area contributed by atoms with Crippen LogP contribution >= 0.6 is 0 Å². The van der Waals surface area contributed by atoms with Crippen molar-refractivity contribution in [1.29, 1.82) is 0 Å². The molecule has 3 fully saturated rings. The molecule has 6 atom stereocenters. The molecule has 6 unspecified atom stereocenters. The first-order valence-electron chi connectivity index (χ1n) is 31.4. The summed E-state index contributed by atoms with van der Waals surface area (Å²) < 4.78 is 17.8. The molecule has 0 saturated carbocycles. The first kappa shape index (κ1) is 62.8. The fourth-order valence-corrected chi connectivity index (χ4v) is 11.0. The van der Waals surface area contributed by atoms with Gasteiger partial charge in [-0.05, 0) is 75.5 Å². The predicted octanol–water partition coefficient (Wildman–Crippen LogP) is 16.0. The molecule has 3 saturated heterocycles. The van der Waals surface area contributed by atoms with Gasteiger partial charge in [-0.1, -0.05) is 213 Å². The lowest BCUT2D eigenvalue weighted by atomic mass is 10.0. The summed E-state index contributed by atoms with van der Waals surface area (Å²) in [5.74, 6) is 0.0433. The maximum atomic E-state index is 13.0. The van der Waals surface area contributed by atoms with Gasteiger partial charge in [0.15, 0.2) is 0 Å². The number of benzene rings is 1. The van der Waals surface area contributed by atoms with Gasteiger partial charge in [0.25, 0.3) is 0 Å². The minimum absolute atomic E-state index is 0.0174. The number of carbonyl (C=O) groups is 3. The molecule has 4 N–H and O–H groups in total. The Morgan fingerprint density at radius 3 is 0.863 bits per heavy atom. The van der Waals surface area contributed by atoms with E-state index in [4.69, 9.17) is 14.2 Å². The Balaban J connectivity index is 1.10. The van der Waals surface area contributed by atoms with Crippen molar-refractivity contribution in [1.82, 2.24) is 16.0 Å². The van der Waals surface area contributed by atoms with Crippen molar-refractivity contribution >= 4 is 17.7 Å². The molecule has 1 aromatic carbocycles. The van der Waals surface area contributed by atoms with Crippen molar-refractivity contribution in [2.75, 3.05) is 0 Å². The maximum Gasteiger partial charge on any atom is 0.220 e. The van der Waals surface area contributed by atoms with Crippen LogP contribution in [0.2, 0.25) is 0 Å². The number of hydrogen-bond donors (Lipinski definition) is 4. The largest absolute Gasteiger partial charge is 0.507 e. The van der Waals surface area contributed by atoms with Gasteiger partial charge in [-0.3, -0.25) is 14.4 Å². The smallest absolute Gasteiger partial charge is 0.220 e. The zero-order valence-corrected chi connectivity index (χ0v) is 47.3. The Morgan fingerprint density at radius 1 is 0.356 bits per heavy atom. The van der Waals surface area contributed by atoms with Crippen molar-refractivity contribution in [3.63, 3.8) is 0 Å². The number of hydrogen-bond acceptors (Lipinski definition) is 7. The highest BCUT2D eigenvalue weighted by Gasteiger charge is 2.38. The standard InChI is InChI=1S/C63H111N3O7/c1-4-7-10-13-19-28-37-54-57(71-54)40-31-22-16-25-34-43-60(67)64-48-51-46-52(49-65-61(68)44-35-26-17-23-32-41-58-55(72-58)38-29-20-14-11-8-5-2)63(70)53(47-51)50-66-62(69)45-36-27-18-24-33-42-59-56(73-59)39-30-21-15-12-9-6-3/h46-47,54-59,70H,4-45,48-50H2,1-3H3,(H,64,67)(H,65,68)(H,66,69). The average molecular weight is 1020 g/mol. The van der Waals surface area contributed by atoms with Crippen molar-refractivity contribution < 1.29 is 33.7 Å². The molecule has 0 bridgehead atoms. The number of aromatic hydroxyl groups is 1. The molecule has 3 amide bonds. The first-order valence-corrected chi connectivity index (χ1v) is 31.4. The van der Waals surface area contributed by atoms with Gasteiger partial charge in [0.05, 0.1) is 36.6 Å². The van der Waals surface area contributed by atoms with Crippen LogP contribution in [0.4, 0.5) is 0 Å². The highest BCUT2D eigenvalue weighted by molar-refractivity contribution is 5.77. The summed E-state index contributed by atoms with van der Waals surface area (Å²) in [7, 11) is 0. The molecule has 0 aromatic heterocycles. The van der Waals surface area contributed by atoms with E-state index in [1.165, 1.54) is 180 Å². The summed E-state index contributed by atoms with van der Waals surface area (Å²) in [6.45, 7) is 7.49. The summed E-state index contributed by atoms with van der Waals surface area (Å²) in [6, 6.07) is 3.74. The predicted molar refractivity (Wildman–Crippen MR) is 301 cm³/mol. The third kappa shape index (κ3) is 31.2. The molecule has 0 radical (unpaired) electrons. The molecule has 10 nitrogen and oxygen atoms in total. The van der Waals surface area contributed by atoms with E-state index in [-0.39, 0.29) is 36.6 Å². The molecular weight excluding hydrogens is 911 g/mol. The van der Waals surface area contributed by atoms with Gasteiger partial charge in [0.1, 0.15) is 5.75 Å². The lowest BCUT2D eigenvalue weighted by Crippen LogP contribution is -2.25.